The van der Waals surface area contributed by atoms with E-state index in [2.05, 4.69) is 46.8 Å². The van der Waals surface area contributed by atoms with Crippen molar-refractivity contribution >= 4 is 39.3 Å². The Morgan fingerprint density at radius 3 is 2.44 bits per heavy atom. The highest BCUT2D eigenvalue weighted by atomic mass is 32.1. The van der Waals surface area contributed by atoms with E-state index in [1.165, 1.54) is 11.1 Å². The van der Waals surface area contributed by atoms with Crippen molar-refractivity contribution in [3.05, 3.63) is 41.5 Å². The van der Waals surface area contributed by atoms with Crippen LogP contribution in [0.15, 0.2) is 35.7 Å². The predicted molar refractivity (Wildman–Crippen MR) is 123 cm³/mol. The number of nitrogens with zero attached hydrogens (tertiary/aromatic N) is 3. The molecule has 0 spiro atoms. The number of fused-ring (bicyclic) bond motifs is 1. The Morgan fingerprint density at radius 2 is 1.81 bits per heavy atom. The van der Waals surface area contributed by atoms with Crippen LogP contribution < -0.4 is 5.32 Å². The number of nitrogens with one attached hydrogen (secondary N) is 1. The van der Waals surface area contributed by atoms with Gasteiger partial charge in [0, 0.05) is 30.6 Å². The third-order valence-corrected chi connectivity index (χ3v) is 5.63. The average molecular weight is 459 g/mol. The Morgan fingerprint density at radius 1 is 1.12 bits per heavy atom. The summed E-state index contributed by atoms with van der Waals surface area (Å²) in [5, 5.41) is 21.6. The van der Waals surface area contributed by atoms with Gasteiger partial charge >= 0.3 is 11.9 Å². The number of benzene rings is 1. The quantitative estimate of drug-likeness (QED) is 0.478. The highest BCUT2D eigenvalue weighted by Crippen LogP contribution is 2.37. The number of anilines is 1. The second-order valence-electron chi connectivity index (χ2n) is 7.11. The van der Waals surface area contributed by atoms with Crippen molar-refractivity contribution in [1.82, 2.24) is 14.9 Å². The first kappa shape index (κ1) is 23.6. The summed E-state index contributed by atoms with van der Waals surface area (Å²) in [5.74, 6) is -1.80. The molecule has 0 atom stereocenters. The van der Waals surface area contributed by atoms with Crippen LogP contribution in [0.25, 0.3) is 21.3 Å². The van der Waals surface area contributed by atoms with Gasteiger partial charge in [-0.2, -0.15) is 0 Å². The van der Waals surface area contributed by atoms with Crippen LogP contribution in [-0.2, 0) is 20.9 Å². The van der Waals surface area contributed by atoms with E-state index in [9.17, 15) is 0 Å². The molecule has 0 bridgehead atoms. The number of hydrogen-bond donors (Lipinski definition) is 3. The molecule has 4 rings (SSSR count). The Kier molecular flexibility index (Phi) is 8.48. The number of morpholine rings is 1. The fourth-order valence-electron chi connectivity index (χ4n) is 3.22. The average Bonchev–Trinajstić information content (AvgIpc) is 3.23. The van der Waals surface area contributed by atoms with E-state index in [4.69, 9.17) is 34.5 Å². The molecule has 1 aliphatic rings. The summed E-state index contributed by atoms with van der Waals surface area (Å²) < 4.78 is 5.44. The molecule has 1 fully saturated rings. The van der Waals surface area contributed by atoms with Gasteiger partial charge in [0.1, 0.15) is 16.5 Å². The number of aliphatic carboxylic acids is 2. The standard InChI is InChI=1S/C20H24N4OS.C2H2O4/c1-2-8-21-19-18-16(15-6-4-3-5-7-15)14-26-20(18)23-17(22-19)13-24-9-11-25-12-10-24;3-1(4)2(5)6/h3-7,14H,2,8-13H2,1H3,(H,21,22,23);(H,3,4)(H,5,6). The van der Waals surface area contributed by atoms with Crippen LogP contribution in [-0.4, -0.2) is 69.9 Å². The lowest BCUT2D eigenvalue weighted by Gasteiger charge is -2.25. The first-order valence-corrected chi connectivity index (χ1v) is 11.2. The van der Waals surface area contributed by atoms with Gasteiger partial charge in [-0.1, -0.05) is 37.3 Å². The zero-order chi connectivity index (χ0) is 22.9. The summed E-state index contributed by atoms with van der Waals surface area (Å²) in [4.78, 5) is 31.4. The van der Waals surface area contributed by atoms with Crippen molar-refractivity contribution in [2.24, 2.45) is 0 Å². The zero-order valence-electron chi connectivity index (χ0n) is 17.8. The molecule has 10 heteroatoms. The fraction of sp³-hybridized carbons (Fsp3) is 0.364. The number of ether oxygens (including phenoxy) is 1. The number of carboxylic acid groups (broad SMARTS) is 2. The van der Waals surface area contributed by atoms with Crippen molar-refractivity contribution in [2.45, 2.75) is 19.9 Å². The molecule has 9 nitrogen and oxygen atoms in total. The van der Waals surface area contributed by atoms with Crippen molar-refractivity contribution in [3.8, 4) is 11.1 Å². The van der Waals surface area contributed by atoms with Crippen molar-refractivity contribution in [3.63, 3.8) is 0 Å². The van der Waals surface area contributed by atoms with Crippen molar-refractivity contribution in [2.75, 3.05) is 38.2 Å². The molecule has 170 valence electrons. The molecule has 1 aliphatic heterocycles. The maximum Gasteiger partial charge on any atom is 0.414 e. The lowest BCUT2D eigenvalue weighted by molar-refractivity contribution is -0.159. The van der Waals surface area contributed by atoms with Crippen LogP contribution in [0.5, 0.6) is 0 Å². The van der Waals surface area contributed by atoms with Gasteiger partial charge in [-0.25, -0.2) is 19.6 Å². The van der Waals surface area contributed by atoms with E-state index in [0.29, 0.717) is 0 Å². The third kappa shape index (κ3) is 6.22. The molecule has 3 heterocycles. The van der Waals surface area contributed by atoms with E-state index < -0.39 is 11.9 Å². The topological polar surface area (TPSA) is 125 Å². The summed E-state index contributed by atoms with van der Waals surface area (Å²) >= 11 is 1.70. The molecular weight excluding hydrogens is 432 g/mol. The third-order valence-electron chi connectivity index (χ3n) is 4.76. The smallest absolute Gasteiger partial charge is 0.414 e. The van der Waals surface area contributed by atoms with Gasteiger partial charge in [0.25, 0.3) is 0 Å². The first-order valence-electron chi connectivity index (χ1n) is 10.3. The molecule has 32 heavy (non-hydrogen) atoms. The Hall–Kier alpha value is -3.08. The molecule has 2 aromatic heterocycles. The van der Waals surface area contributed by atoms with Crippen LogP contribution in [0.2, 0.25) is 0 Å². The van der Waals surface area contributed by atoms with Gasteiger partial charge in [-0.3, -0.25) is 4.90 Å². The maximum atomic E-state index is 9.10. The van der Waals surface area contributed by atoms with Gasteiger partial charge in [-0.15, -0.1) is 11.3 Å². The van der Waals surface area contributed by atoms with Gasteiger partial charge in [0.2, 0.25) is 0 Å². The molecule has 1 saturated heterocycles. The van der Waals surface area contributed by atoms with Gasteiger partial charge in [-0.05, 0) is 12.0 Å². The summed E-state index contributed by atoms with van der Waals surface area (Å²) in [6.07, 6.45) is 1.06. The van der Waals surface area contributed by atoms with Crippen LogP contribution in [0.4, 0.5) is 5.82 Å². The van der Waals surface area contributed by atoms with Gasteiger partial charge in [0.05, 0.1) is 25.1 Å². The minimum absolute atomic E-state index is 0.776. The van der Waals surface area contributed by atoms with E-state index in [1.54, 1.807) is 11.3 Å². The van der Waals surface area contributed by atoms with Gasteiger partial charge < -0.3 is 20.3 Å². The second-order valence-corrected chi connectivity index (χ2v) is 7.97. The Labute approximate surface area is 189 Å². The number of hydrogen-bond acceptors (Lipinski definition) is 8. The molecule has 0 unspecified atom stereocenters. The molecular formula is C22H26N4O5S. The van der Waals surface area contributed by atoms with Crippen LogP contribution >= 0.6 is 11.3 Å². The minimum atomic E-state index is -1.82. The van der Waals surface area contributed by atoms with E-state index in [-0.39, 0.29) is 0 Å². The van der Waals surface area contributed by atoms with Crippen LogP contribution in [0.1, 0.15) is 19.2 Å². The first-order chi connectivity index (χ1) is 15.5. The molecule has 0 saturated carbocycles. The van der Waals surface area contributed by atoms with Crippen LogP contribution in [0.3, 0.4) is 0 Å². The van der Waals surface area contributed by atoms with E-state index >= 15 is 0 Å². The number of rotatable bonds is 6. The molecule has 3 aromatic rings. The van der Waals surface area contributed by atoms with Crippen molar-refractivity contribution < 1.29 is 24.5 Å². The largest absolute Gasteiger partial charge is 0.473 e. The van der Waals surface area contributed by atoms with Gasteiger partial charge in [0.15, 0.2) is 0 Å². The molecule has 0 radical (unpaired) electrons. The molecule has 1 aromatic carbocycles. The lowest BCUT2D eigenvalue weighted by atomic mass is 10.1. The highest BCUT2D eigenvalue weighted by molar-refractivity contribution is 7.17. The SMILES string of the molecule is CCCNc1nc(CN2CCOCC2)nc2scc(-c3ccccc3)c12.O=C(O)C(=O)O. The summed E-state index contributed by atoms with van der Waals surface area (Å²) in [5.41, 5.74) is 2.42. The fourth-order valence-corrected chi connectivity index (χ4v) is 4.18. The minimum Gasteiger partial charge on any atom is -0.473 e. The maximum absolute atomic E-state index is 9.10. The molecule has 0 aliphatic carbocycles. The monoisotopic (exact) mass is 458 g/mol. The normalized spacial score (nSPS) is 13.9. The number of carboxylic acids is 2. The zero-order valence-corrected chi connectivity index (χ0v) is 18.6. The van der Waals surface area contributed by atoms with E-state index in [1.807, 2.05) is 6.07 Å². The predicted octanol–water partition coefficient (Wildman–Crippen LogP) is 3.17. The number of carbonyl (C=O) groups is 2. The van der Waals surface area contributed by atoms with Crippen molar-refractivity contribution in [1.29, 1.82) is 0 Å². The molecule has 3 N–H and O–H groups in total. The summed E-state index contributed by atoms with van der Waals surface area (Å²) in [6, 6.07) is 10.5. The molecule has 0 amide bonds. The number of aromatic nitrogens is 2. The second kappa shape index (κ2) is 11.5. The highest BCUT2D eigenvalue weighted by Gasteiger charge is 2.18. The van der Waals surface area contributed by atoms with E-state index in [0.717, 1.165) is 67.7 Å². The summed E-state index contributed by atoms with van der Waals surface area (Å²) in [7, 11) is 0. The summed E-state index contributed by atoms with van der Waals surface area (Å²) in [6.45, 7) is 7.33. The van der Waals surface area contributed by atoms with Crippen LogP contribution in [0, 0.1) is 0 Å². The Balaban J connectivity index is 0.000000427. The number of thiophene rings is 1. The Bertz CT molecular complexity index is 1040. The lowest BCUT2D eigenvalue weighted by Crippen LogP contribution is -2.36.